The third kappa shape index (κ3) is 7.86. The van der Waals surface area contributed by atoms with Gasteiger partial charge in [0.2, 0.25) is 0 Å². The monoisotopic (exact) mass is 302 g/mol. The second kappa shape index (κ2) is 10.3. The largest absolute Gasteiger partial charge is 0.494 e. The molecule has 5 nitrogen and oxygen atoms in total. The van der Waals surface area contributed by atoms with Crippen LogP contribution in [0, 0.1) is 0 Å². The van der Waals surface area contributed by atoms with Crippen LogP contribution in [0.4, 0.5) is 0 Å². The zero-order valence-electron chi connectivity index (χ0n) is 11.9. The van der Waals surface area contributed by atoms with Crippen molar-refractivity contribution in [2.75, 3.05) is 19.8 Å². The highest BCUT2D eigenvalue weighted by Gasteiger charge is 2.03. The van der Waals surface area contributed by atoms with E-state index in [9.17, 15) is 4.79 Å². The molecule has 1 atom stereocenters. The highest BCUT2D eigenvalue weighted by atomic mass is 35.5. The molecule has 1 unspecified atom stereocenters. The Labute approximate surface area is 126 Å². The SMILES string of the molecule is CCOc1ccc(OCC(=O)NCCC(C)N)cc1.Cl. The average Bonchev–Trinajstić information content (AvgIpc) is 2.38. The number of halogens is 1. The third-order valence-corrected chi connectivity index (χ3v) is 2.43. The van der Waals surface area contributed by atoms with Gasteiger partial charge in [0.25, 0.3) is 5.91 Å². The van der Waals surface area contributed by atoms with E-state index in [4.69, 9.17) is 15.2 Å². The van der Waals surface area contributed by atoms with Crippen molar-refractivity contribution < 1.29 is 14.3 Å². The summed E-state index contributed by atoms with van der Waals surface area (Å²) in [6.45, 7) is 5.04. The minimum absolute atomic E-state index is 0. The number of hydrogen-bond donors (Lipinski definition) is 2. The molecule has 1 rings (SSSR count). The fourth-order valence-electron chi connectivity index (χ4n) is 1.44. The predicted octanol–water partition coefficient (Wildman–Crippen LogP) is 1.74. The number of carbonyl (C=O) groups is 1. The summed E-state index contributed by atoms with van der Waals surface area (Å²) >= 11 is 0. The summed E-state index contributed by atoms with van der Waals surface area (Å²) in [4.78, 5) is 11.5. The summed E-state index contributed by atoms with van der Waals surface area (Å²) in [7, 11) is 0. The minimum Gasteiger partial charge on any atom is -0.494 e. The molecule has 20 heavy (non-hydrogen) atoms. The van der Waals surface area contributed by atoms with Gasteiger partial charge in [-0.1, -0.05) is 0 Å². The lowest BCUT2D eigenvalue weighted by Gasteiger charge is -2.09. The van der Waals surface area contributed by atoms with E-state index in [1.807, 2.05) is 26.0 Å². The van der Waals surface area contributed by atoms with Gasteiger partial charge >= 0.3 is 0 Å². The first kappa shape index (κ1) is 18.5. The van der Waals surface area contributed by atoms with Crippen molar-refractivity contribution in [2.45, 2.75) is 26.3 Å². The summed E-state index contributed by atoms with van der Waals surface area (Å²) < 4.78 is 10.7. The number of ether oxygens (including phenoxy) is 2. The molecule has 0 fully saturated rings. The second-order valence-electron chi connectivity index (χ2n) is 4.31. The summed E-state index contributed by atoms with van der Waals surface area (Å²) in [5.74, 6) is 1.29. The Morgan fingerprint density at radius 3 is 2.30 bits per heavy atom. The number of rotatable bonds is 8. The van der Waals surface area contributed by atoms with E-state index in [2.05, 4.69) is 5.32 Å². The van der Waals surface area contributed by atoms with Crippen LogP contribution in [0.2, 0.25) is 0 Å². The first-order chi connectivity index (χ1) is 9.11. The van der Waals surface area contributed by atoms with E-state index in [-0.39, 0.29) is 31.0 Å². The van der Waals surface area contributed by atoms with E-state index in [0.717, 1.165) is 12.2 Å². The van der Waals surface area contributed by atoms with Gasteiger partial charge in [-0.2, -0.15) is 0 Å². The van der Waals surface area contributed by atoms with Gasteiger partial charge in [0.15, 0.2) is 6.61 Å². The molecule has 0 radical (unpaired) electrons. The summed E-state index contributed by atoms with van der Waals surface area (Å²) in [5, 5.41) is 2.75. The fourth-order valence-corrected chi connectivity index (χ4v) is 1.44. The van der Waals surface area contributed by atoms with Crippen molar-refractivity contribution in [3.8, 4) is 11.5 Å². The summed E-state index contributed by atoms with van der Waals surface area (Å²) in [5.41, 5.74) is 5.59. The zero-order valence-corrected chi connectivity index (χ0v) is 12.7. The topological polar surface area (TPSA) is 73.6 Å². The lowest BCUT2D eigenvalue weighted by Crippen LogP contribution is -2.32. The Morgan fingerprint density at radius 1 is 1.25 bits per heavy atom. The van der Waals surface area contributed by atoms with E-state index < -0.39 is 0 Å². The van der Waals surface area contributed by atoms with Crippen molar-refractivity contribution in [1.29, 1.82) is 0 Å². The van der Waals surface area contributed by atoms with Gasteiger partial charge in [-0.3, -0.25) is 4.79 Å². The molecule has 3 N–H and O–H groups in total. The van der Waals surface area contributed by atoms with Gasteiger partial charge < -0.3 is 20.5 Å². The minimum atomic E-state index is -0.144. The van der Waals surface area contributed by atoms with Crippen LogP contribution in [0.25, 0.3) is 0 Å². The van der Waals surface area contributed by atoms with E-state index in [0.29, 0.717) is 18.9 Å². The van der Waals surface area contributed by atoms with Crippen LogP contribution in [-0.2, 0) is 4.79 Å². The third-order valence-electron chi connectivity index (χ3n) is 2.43. The zero-order chi connectivity index (χ0) is 14.1. The van der Waals surface area contributed by atoms with Crippen molar-refractivity contribution in [1.82, 2.24) is 5.32 Å². The molecule has 1 aromatic rings. The van der Waals surface area contributed by atoms with Gasteiger partial charge in [-0.05, 0) is 44.5 Å². The molecule has 114 valence electrons. The number of nitrogens with one attached hydrogen (secondary N) is 1. The van der Waals surface area contributed by atoms with Crippen LogP contribution in [-0.4, -0.2) is 31.7 Å². The van der Waals surface area contributed by atoms with Gasteiger partial charge in [0.05, 0.1) is 6.61 Å². The molecule has 0 aliphatic heterocycles. The van der Waals surface area contributed by atoms with Crippen LogP contribution in [0.5, 0.6) is 11.5 Å². The van der Waals surface area contributed by atoms with Crippen molar-refractivity contribution in [3.05, 3.63) is 24.3 Å². The Bertz CT molecular complexity index is 383. The highest BCUT2D eigenvalue weighted by molar-refractivity contribution is 5.85. The Kier molecular flexibility index (Phi) is 9.59. The van der Waals surface area contributed by atoms with Crippen LogP contribution < -0.4 is 20.5 Å². The first-order valence-electron chi connectivity index (χ1n) is 6.49. The maximum atomic E-state index is 11.5. The molecule has 6 heteroatoms. The molecule has 0 heterocycles. The second-order valence-corrected chi connectivity index (χ2v) is 4.31. The van der Waals surface area contributed by atoms with Crippen LogP contribution in [0.15, 0.2) is 24.3 Å². The Hall–Kier alpha value is -1.46. The average molecular weight is 303 g/mol. The predicted molar refractivity (Wildman–Crippen MR) is 81.6 cm³/mol. The van der Waals surface area contributed by atoms with Crippen molar-refractivity contribution >= 4 is 18.3 Å². The first-order valence-corrected chi connectivity index (χ1v) is 6.49. The van der Waals surface area contributed by atoms with Crippen LogP contribution >= 0.6 is 12.4 Å². The van der Waals surface area contributed by atoms with Gasteiger partial charge in [-0.25, -0.2) is 0 Å². The molecule has 0 aromatic heterocycles. The van der Waals surface area contributed by atoms with Crippen molar-refractivity contribution in [3.63, 3.8) is 0 Å². The fraction of sp³-hybridized carbons (Fsp3) is 0.500. The van der Waals surface area contributed by atoms with E-state index in [1.54, 1.807) is 12.1 Å². The number of hydrogen-bond acceptors (Lipinski definition) is 4. The number of amides is 1. The molecular formula is C14H23ClN2O3. The van der Waals surface area contributed by atoms with Crippen LogP contribution in [0.3, 0.4) is 0 Å². The molecule has 1 aromatic carbocycles. The van der Waals surface area contributed by atoms with Gasteiger partial charge in [0.1, 0.15) is 11.5 Å². The molecule has 1 amide bonds. The molecule has 0 spiro atoms. The maximum Gasteiger partial charge on any atom is 0.257 e. The molecule has 0 aliphatic carbocycles. The number of nitrogens with two attached hydrogens (primary N) is 1. The highest BCUT2D eigenvalue weighted by Crippen LogP contribution is 2.17. The molecule has 0 aliphatic rings. The lowest BCUT2D eigenvalue weighted by molar-refractivity contribution is -0.123. The maximum absolute atomic E-state index is 11.5. The van der Waals surface area contributed by atoms with Gasteiger partial charge in [0, 0.05) is 12.6 Å². The molecular weight excluding hydrogens is 280 g/mol. The molecule has 0 bridgehead atoms. The Morgan fingerprint density at radius 2 is 1.80 bits per heavy atom. The molecule has 0 saturated heterocycles. The number of benzene rings is 1. The van der Waals surface area contributed by atoms with Crippen LogP contribution in [0.1, 0.15) is 20.3 Å². The normalized spacial score (nSPS) is 11.2. The number of carbonyl (C=O) groups excluding carboxylic acids is 1. The van der Waals surface area contributed by atoms with Gasteiger partial charge in [-0.15, -0.1) is 12.4 Å². The van der Waals surface area contributed by atoms with E-state index >= 15 is 0 Å². The van der Waals surface area contributed by atoms with Crippen molar-refractivity contribution in [2.24, 2.45) is 5.73 Å². The standard InChI is InChI=1S/C14H22N2O3.ClH/c1-3-18-12-4-6-13(7-5-12)19-10-14(17)16-9-8-11(2)15;/h4-7,11H,3,8-10,15H2,1-2H3,(H,16,17);1H. The Balaban J connectivity index is 0.00000361. The van der Waals surface area contributed by atoms with E-state index in [1.165, 1.54) is 0 Å². The molecule has 0 saturated carbocycles. The lowest BCUT2D eigenvalue weighted by atomic mass is 10.2. The smallest absolute Gasteiger partial charge is 0.257 e. The quantitative estimate of drug-likeness (QED) is 0.767. The summed E-state index contributed by atoms with van der Waals surface area (Å²) in [6, 6.07) is 7.27. The summed E-state index contributed by atoms with van der Waals surface area (Å²) in [6.07, 6.45) is 0.759.